The predicted octanol–water partition coefficient (Wildman–Crippen LogP) is 2.28. The van der Waals surface area contributed by atoms with E-state index in [4.69, 9.17) is 10.7 Å². The molecule has 202 valence electrons. The molecule has 0 atom stereocenters. The number of rotatable bonds is 10. The fraction of sp³-hybridized carbons (Fsp3) is 0.593. The normalized spacial score (nSPS) is 21.0. The smallest absolute Gasteiger partial charge is 0.271 e. The maximum atomic E-state index is 12.3. The average Bonchev–Trinajstić information content (AvgIpc) is 2.89. The molecule has 4 rings (SSSR count). The fourth-order valence-corrected chi connectivity index (χ4v) is 4.95. The Balaban J connectivity index is 1.48. The second-order valence-corrected chi connectivity index (χ2v) is 10.3. The summed E-state index contributed by atoms with van der Waals surface area (Å²) in [5, 5.41) is 16.6. The van der Waals surface area contributed by atoms with Gasteiger partial charge in [0, 0.05) is 63.7 Å². The number of anilines is 4. The highest BCUT2D eigenvalue weighted by Gasteiger charge is 2.23. The topological polar surface area (TPSA) is 123 Å². The third kappa shape index (κ3) is 7.30. The molecule has 1 amide bonds. The number of aryl methyl sites for hydroxylation is 1. The van der Waals surface area contributed by atoms with Gasteiger partial charge in [-0.1, -0.05) is 13.0 Å². The van der Waals surface area contributed by atoms with E-state index in [1.54, 1.807) is 0 Å². The molecule has 37 heavy (non-hydrogen) atoms. The van der Waals surface area contributed by atoms with Crippen molar-refractivity contribution in [2.24, 2.45) is 5.73 Å². The Morgan fingerprint density at radius 3 is 2.54 bits per heavy atom. The van der Waals surface area contributed by atoms with Crippen LogP contribution in [-0.4, -0.2) is 96.3 Å². The van der Waals surface area contributed by atoms with Crippen LogP contribution in [0.25, 0.3) is 0 Å². The molecule has 0 spiro atoms. The number of likely N-dealkylation sites (N-methyl/N-ethyl adjacent to an activating group) is 2. The van der Waals surface area contributed by atoms with E-state index in [1.165, 1.54) is 0 Å². The number of nitrogens with zero attached hydrogens (tertiary/aromatic N) is 5. The Morgan fingerprint density at radius 2 is 1.86 bits per heavy atom. The second-order valence-electron chi connectivity index (χ2n) is 10.3. The highest BCUT2D eigenvalue weighted by molar-refractivity contribution is 5.96. The molecule has 1 saturated heterocycles. The van der Waals surface area contributed by atoms with Crippen LogP contribution in [0, 0.1) is 0 Å². The van der Waals surface area contributed by atoms with E-state index in [1.807, 2.05) is 19.1 Å². The van der Waals surface area contributed by atoms with Gasteiger partial charge < -0.3 is 31.3 Å². The van der Waals surface area contributed by atoms with Crippen molar-refractivity contribution in [3.05, 3.63) is 35.7 Å². The monoisotopic (exact) mass is 510 g/mol. The lowest BCUT2D eigenvalue weighted by Gasteiger charge is -2.33. The maximum Gasteiger partial charge on any atom is 0.271 e. The first-order valence-electron chi connectivity index (χ1n) is 13.5. The van der Waals surface area contributed by atoms with Crippen LogP contribution in [0.3, 0.4) is 0 Å². The number of piperazine rings is 1. The molecule has 2 fully saturated rings. The predicted molar refractivity (Wildman–Crippen MR) is 149 cm³/mol. The minimum atomic E-state index is -0.613. The maximum absolute atomic E-state index is 12.3. The Morgan fingerprint density at radius 1 is 1.14 bits per heavy atom. The lowest BCUT2D eigenvalue weighted by Crippen LogP contribution is -2.46. The van der Waals surface area contributed by atoms with E-state index in [2.05, 4.69) is 56.5 Å². The average molecular weight is 511 g/mol. The highest BCUT2D eigenvalue weighted by Crippen LogP contribution is 2.27. The van der Waals surface area contributed by atoms with Gasteiger partial charge in [0.05, 0.1) is 11.8 Å². The van der Waals surface area contributed by atoms with E-state index in [-0.39, 0.29) is 17.8 Å². The zero-order chi connectivity index (χ0) is 26.4. The van der Waals surface area contributed by atoms with Gasteiger partial charge in [-0.15, -0.1) is 0 Å². The molecule has 1 aromatic carbocycles. The van der Waals surface area contributed by atoms with Crippen molar-refractivity contribution in [1.82, 2.24) is 19.8 Å². The molecule has 5 N–H and O–H groups in total. The van der Waals surface area contributed by atoms with E-state index in [0.29, 0.717) is 23.8 Å². The number of aliphatic hydroxyl groups is 1. The first kappa shape index (κ1) is 27.1. The third-order valence-corrected chi connectivity index (χ3v) is 7.47. The van der Waals surface area contributed by atoms with Crippen molar-refractivity contribution in [3.63, 3.8) is 0 Å². The summed E-state index contributed by atoms with van der Waals surface area (Å²) in [6.45, 7) is 8.36. The van der Waals surface area contributed by atoms with Gasteiger partial charge in [0.25, 0.3) is 5.91 Å². The van der Waals surface area contributed by atoms with E-state index >= 15 is 0 Å². The summed E-state index contributed by atoms with van der Waals surface area (Å²) in [7, 11) is 4.27. The number of aliphatic hydroxyl groups excluding tert-OH is 1. The number of carbonyl (C=O) groups excluding carboxylic acids is 1. The summed E-state index contributed by atoms with van der Waals surface area (Å²) in [6.07, 6.45) is 3.68. The summed E-state index contributed by atoms with van der Waals surface area (Å²) in [6, 6.07) is 8.30. The lowest BCUT2D eigenvalue weighted by atomic mass is 9.93. The number of carbonyl (C=O) groups is 1. The first-order valence-corrected chi connectivity index (χ1v) is 13.5. The van der Waals surface area contributed by atoms with Crippen LogP contribution in [0.1, 0.15) is 48.8 Å². The molecule has 10 heteroatoms. The van der Waals surface area contributed by atoms with E-state index in [9.17, 15) is 9.90 Å². The Kier molecular flexibility index (Phi) is 9.18. The molecule has 2 heterocycles. The summed E-state index contributed by atoms with van der Waals surface area (Å²) in [5.74, 6) is 0.398. The number of primary amides is 1. The Labute approximate surface area is 220 Å². The zero-order valence-corrected chi connectivity index (χ0v) is 22.4. The molecule has 1 aromatic heterocycles. The van der Waals surface area contributed by atoms with Crippen molar-refractivity contribution >= 4 is 28.9 Å². The number of hydrogen-bond acceptors (Lipinski definition) is 9. The van der Waals surface area contributed by atoms with E-state index < -0.39 is 5.91 Å². The summed E-state index contributed by atoms with van der Waals surface area (Å²) in [5.41, 5.74) is 8.44. The van der Waals surface area contributed by atoms with Gasteiger partial charge >= 0.3 is 0 Å². The van der Waals surface area contributed by atoms with Gasteiger partial charge in [-0.05, 0) is 57.4 Å². The molecule has 1 saturated carbocycles. The minimum Gasteiger partial charge on any atom is -0.393 e. The van der Waals surface area contributed by atoms with Gasteiger partial charge in [-0.3, -0.25) is 9.69 Å². The molecule has 2 aromatic rings. The van der Waals surface area contributed by atoms with Crippen LogP contribution in [0.4, 0.5) is 23.0 Å². The fourth-order valence-electron chi connectivity index (χ4n) is 4.95. The number of nitrogens with two attached hydrogens (primary N) is 1. The van der Waals surface area contributed by atoms with Crippen molar-refractivity contribution in [2.75, 3.05) is 68.9 Å². The first-order chi connectivity index (χ1) is 17.8. The van der Waals surface area contributed by atoms with Crippen LogP contribution in [-0.2, 0) is 6.42 Å². The van der Waals surface area contributed by atoms with Gasteiger partial charge in [0.15, 0.2) is 11.5 Å². The summed E-state index contributed by atoms with van der Waals surface area (Å²) in [4.78, 5) is 28.7. The summed E-state index contributed by atoms with van der Waals surface area (Å²) < 4.78 is 0. The Bertz CT molecular complexity index is 1050. The number of benzene rings is 1. The molecular formula is C27H42N8O2. The van der Waals surface area contributed by atoms with Crippen molar-refractivity contribution in [2.45, 2.75) is 51.2 Å². The second kappa shape index (κ2) is 12.5. The number of amides is 1. The molecule has 0 unspecified atom stereocenters. The molecule has 10 nitrogen and oxygen atoms in total. The largest absolute Gasteiger partial charge is 0.393 e. The van der Waals surface area contributed by atoms with Gasteiger partial charge in [0.1, 0.15) is 5.82 Å². The molecule has 0 radical (unpaired) electrons. The highest BCUT2D eigenvalue weighted by atomic mass is 16.3. The summed E-state index contributed by atoms with van der Waals surface area (Å²) >= 11 is 0. The van der Waals surface area contributed by atoms with Gasteiger partial charge in [-0.2, -0.15) is 0 Å². The van der Waals surface area contributed by atoms with Crippen LogP contribution < -0.4 is 21.3 Å². The SMILES string of the molecule is CCc1nc(C(N)=O)c(Nc2cccc(N(C)CCN3CCN(C)CC3)c2)nc1NC1CCC(O)CC1. The standard InChI is InChI=1S/C27H42N8O2/c1-4-23-26(29-19-8-10-22(36)11-9-19)32-27(24(31-23)25(28)37)30-20-6-5-7-21(18-20)34(3)14-17-35-15-12-33(2)13-16-35/h5-7,18-19,22,36H,4,8-17H2,1-3H3,(H2,28,37)(H2,29,30,32). The zero-order valence-electron chi connectivity index (χ0n) is 22.4. The van der Waals surface area contributed by atoms with Crippen LogP contribution in [0.2, 0.25) is 0 Å². The van der Waals surface area contributed by atoms with Gasteiger partial charge in [-0.25, -0.2) is 9.97 Å². The van der Waals surface area contributed by atoms with Crippen molar-refractivity contribution in [1.29, 1.82) is 0 Å². The molecular weight excluding hydrogens is 468 g/mol. The van der Waals surface area contributed by atoms with Crippen molar-refractivity contribution < 1.29 is 9.90 Å². The molecule has 2 aliphatic rings. The Hall–Kier alpha value is -2.95. The minimum absolute atomic E-state index is 0.135. The van der Waals surface area contributed by atoms with Crippen LogP contribution in [0.15, 0.2) is 24.3 Å². The molecule has 1 aliphatic carbocycles. The third-order valence-electron chi connectivity index (χ3n) is 7.47. The van der Waals surface area contributed by atoms with Crippen molar-refractivity contribution in [3.8, 4) is 0 Å². The number of hydrogen-bond donors (Lipinski definition) is 4. The number of nitrogens with one attached hydrogen (secondary N) is 2. The number of aromatic nitrogens is 2. The molecule has 0 bridgehead atoms. The van der Waals surface area contributed by atoms with Crippen LogP contribution >= 0.6 is 0 Å². The quantitative estimate of drug-likeness (QED) is 0.381. The molecule has 1 aliphatic heterocycles. The van der Waals surface area contributed by atoms with Gasteiger partial charge in [0.2, 0.25) is 0 Å². The van der Waals surface area contributed by atoms with Crippen LogP contribution in [0.5, 0.6) is 0 Å². The lowest BCUT2D eigenvalue weighted by molar-refractivity contribution is 0.0996. The van der Waals surface area contributed by atoms with E-state index in [0.717, 1.165) is 76.3 Å².